The van der Waals surface area contributed by atoms with Crippen LogP contribution >= 0.6 is 22.6 Å². The summed E-state index contributed by atoms with van der Waals surface area (Å²) in [5.74, 6) is -0.205. The lowest BCUT2D eigenvalue weighted by Crippen LogP contribution is -2.05. The van der Waals surface area contributed by atoms with Gasteiger partial charge in [0.05, 0.1) is 5.52 Å². The third-order valence-corrected chi connectivity index (χ3v) is 3.43. The van der Waals surface area contributed by atoms with Gasteiger partial charge < -0.3 is 0 Å². The largest absolute Gasteiger partial charge is 0.261 e. The average Bonchev–Trinajstić information content (AvgIpc) is 2.55. The van der Waals surface area contributed by atoms with Crippen LogP contribution < -0.4 is 0 Å². The summed E-state index contributed by atoms with van der Waals surface area (Å²) in [6, 6.07) is 5.18. The second-order valence-corrected chi connectivity index (χ2v) is 4.68. The van der Waals surface area contributed by atoms with Gasteiger partial charge in [0.1, 0.15) is 9.52 Å². The van der Waals surface area contributed by atoms with Crippen LogP contribution in [0.2, 0.25) is 0 Å². The van der Waals surface area contributed by atoms with Crippen molar-refractivity contribution in [1.29, 1.82) is 0 Å². The van der Waals surface area contributed by atoms with Crippen molar-refractivity contribution in [2.24, 2.45) is 0 Å². The van der Waals surface area contributed by atoms with Gasteiger partial charge in [0.25, 0.3) is 0 Å². The fraction of sp³-hybridized carbons (Fsp3) is 0.364. The number of fused-ring (bicyclic) bond motifs is 1. The summed E-state index contributed by atoms with van der Waals surface area (Å²) < 4.78 is 15.9. The molecule has 0 radical (unpaired) electrons. The molecule has 4 heteroatoms. The second kappa shape index (κ2) is 4.08. The Morgan fingerprint density at radius 2 is 2.27 bits per heavy atom. The maximum absolute atomic E-state index is 13.1. The molecule has 1 aromatic carbocycles. The van der Waals surface area contributed by atoms with Crippen LogP contribution in [-0.4, -0.2) is 9.78 Å². The van der Waals surface area contributed by atoms with Gasteiger partial charge >= 0.3 is 0 Å². The Bertz CT molecular complexity index is 493. The van der Waals surface area contributed by atoms with E-state index < -0.39 is 0 Å². The highest BCUT2D eigenvalue weighted by atomic mass is 127. The molecule has 0 aliphatic rings. The smallest absolute Gasteiger partial charge is 0.131 e. The lowest BCUT2D eigenvalue weighted by atomic mass is 10.2. The Labute approximate surface area is 102 Å². The zero-order valence-electron chi connectivity index (χ0n) is 8.67. The summed E-state index contributed by atoms with van der Waals surface area (Å²) in [6.07, 6.45) is 1.02. The molecule has 1 heterocycles. The topological polar surface area (TPSA) is 17.8 Å². The van der Waals surface area contributed by atoms with Gasteiger partial charge in [-0.05, 0) is 54.1 Å². The fourth-order valence-corrected chi connectivity index (χ4v) is 2.25. The molecule has 2 rings (SSSR count). The molecule has 0 fully saturated rings. The Morgan fingerprint density at radius 3 is 2.93 bits per heavy atom. The minimum Gasteiger partial charge on any atom is -0.261 e. The van der Waals surface area contributed by atoms with E-state index in [2.05, 4.69) is 41.5 Å². The Hall–Kier alpha value is -0.650. The molecule has 0 aliphatic carbocycles. The molecule has 2 aromatic rings. The predicted octanol–water partition coefficient (Wildman–Crippen LogP) is 3.75. The zero-order chi connectivity index (χ0) is 11.0. The van der Waals surface area contributed by atoms with Crippen LogP contribution in [0.4, 0.5) is 4.39 Å². The van der Waals surface area contributed by atoms with E-state index in [1.54, 1.807) is 12.1 Å². The summed E-state index contributed by atoms with van der Waals surface area (Å²) >= 11 is 2.15. The predicted molar refractivity (Wildman–Crippen MR) is 67.4 cm³/mol. The standard InChI is InChI=1S/C11H12FIN2/c1-3-7(2)15-10-5-4-8(12)6-9(10)11(13)14-15/h4-7H,3H2,1-2H3. The molecule has 1 unspecified atom stereocenters. The Morgan fingerprint density at radius 1 is 1.53 bits per heavy atom. The van der Waals surface area contributed by atoms with E-state index in [1.807, 2.05) is 4.68 Å². The highest BCUT2D eigenvalue weighted by molar-refractivity contribution is 14.1. The molecule has 0 spiro atoms. The van der Waals surface area contributed by atoms with Crippen LogP contribution in [0, 0.1) is 9.52 Å². The molecule has 0 amide bonds. The van der Waals surface area contributed by atoms with Gasteiger partial charge in [0, 0.05) is 11.4 Å². The number of nitrogens with zero attached hydrogens (tertiary/aromatic N) is 2. The van der Waals surface area contributed by atoms with Gasteiger partial charge in [0.15, 0.2) is 0 Å². The second-order valence-electron chi connectivity index (χ2n) is 3.65. The average molecular weight is 318 g/mol. The maximum atomic E-state index is 13.1. The first-order valence-corrected chi connectivity index (χ1v) is 6.04. The quantitative estimate of drug-likeness (QED) is 0.771. The van der Waals surface area contributed by atoms with Crippen molar-refractivity contribution < 1.29 is 4.39 Å². The summed E-state index contributed by atoms with van der Waals surface area (Å²) in [7, 11) is 0. The molecule has 1 atom stereocenters. The minimum absolute atomic E-state index is 0.205. The van der Waals surface area contributed by atoms with Crippen LogP contribution in [0.25, 0.3) is 10.9 Å². The highest BCUT2D eigenvalue weighted by Gasteiger charge is 2.12. The Balaban J connectivity index is 2.68. The first-order chi connectivity index (χ1) is 7.13. The first-order valence-electron chi connectivity index (χ1n) is 4.96. The molecule has 0 saturated heterocycles. The molecular formula is C11H12FIN2. The van der Waals surface area contributed by atoms with E-state index in [1.165, 1.54) is 6.07 Å². The monoisotopic (exact) mass is 318 g/mol. The van der Waals surface area contributed by atoms with Gasteiger partial charge in [-0.15, -0.1) is 0 Å². The van der Waals surface area contributed by atoms with Crippen molar-refractivity contribution in [2.45, 2.75) is 26.3 Å². The van der Waals surface area contributed by atoms with Crippen molar-refractivity contribution in [1.82, 2.24) is 9.78 Å². The zero-order valence-corrected chi connectivity index (χ0v) is 10.8. The molecule has 0 bridgehead atoms. The minimum atomic E-state index is -0.205. The van der Waals surface area contributed by atoms with Gasteiger partial charge in [-0.25, -0.2) is 4.39 Å². The first kappa shape index (κ1) is 10.9. The van der Waals surface area contributed by atoms with Crippen LogP contribution in [0.3, 0.4) is 0 Å². The Kier molecular flexibility index (Phi) is 2.95. The summed E-state index contributed by atoms with van der Waals surface area (Å²) in [5, 5.41) is 5.34. The molecule has 0 aliphatic heterocycles. The van der Waals surface area contributed by atoms with Crippen molar-refractivity contribution in [3.05, 3.63) is 27.7 Å². The lowest BCUT2D eigenvalue weighted by molar-refractivity contribution is 0.490. The molecular weight excluding hydrogens is 306 g/mol. The SMILES string of the molecule is CCC(C)n1nc(I)c2cc(F)ccc21. The number of hydrogen-bond acceptors (Lipinski definition) is 1. The van der Waals surface area contributed by atoms with E-state index in [4.69, 9.17) is 0 Å². The van der Waals surface area contributed by atoms with E-state index in [0.717, 1.165) is 21.0 Å². The van der Waals surface area contributed by atoms with E-state index >= 15 is 0 Å². The van der Waals surface area contributed by atoms with Crippen LogP contribution in [0.1, 0.15) is 26.3 Å². The summed E-state index contributed by atoms with van der Waals surface area (Å²) in [4.78, 5) is 0. The highest BCUT2D eigenvalue weighted by Crippen LogP contribution is 2.24. The van der Waals surface area contributed by atoms with Gasteiger partial charge in [-0.3, -0.25) is 4.68 Å². The third kappa shape index (κ3) is 1.87. The molecule has 0 saturated carbocycles. The number of aromatic nitrogens is 2. The van der Waals surface area contributed by atoms with E-state index in [0.29, 0.717) is 6.04 Å². The van der Waals surface area contributed by atoms with Gasteiger partial charge in [-0.2, -0.15) is 5.10 Å². The lowest BCUT2D eigenvalue weighted by Gasteiger charge is -2.10. The summed E-state index contributed by atoms with van der Waals surface area (Å²) in [6.45, 7) is 4.24. The molecule has 15 heavy (non-hydrogen) atoms. The molecule has 80 valence electrons. The third-order valence-electron chi connectivity index (χ3n) is 2.63. The van der Waals surface area contributed by atoms with Crippen molar-refractivity contribution in [3.8, 4) is 0 Å². The van der Waals surface area contributed by atoms with Gasteiger partial charge in [0.2, 0.25) is 0 Å². The van der Waals surface area contributed by atoms with E-state index in [9.17, 15) is 4.39 Å². The normalized spacial score (nSPS) is 13.3. The number of hydrogen-bond donors (Lipinski definition) is 0. The van der Waals surface area contributed by atoms with Crippen molar-refractivity contribution in [2.75, 3.05) is 0 Å². The van der Waals surface area contributed by atoms with E-state index in [-0.39, 0.29) is 5.82 Å². The van der Waals surface area contributed by atoms with Gasteiger partial charge in [-0.1, -0.05) is 6.92 Å². The molecule has 2 nitrogen and oxygen atoms in total. The number of rotatable bonds is 2. The molecule has 1 aromatic heterocycles. The van der Waals surface area contributed by atoms with Crippen molar-refractivity contribution >= 4 is 33.5 Å². The van der Waals surface area contributed by atoms with Crippen molar-refractivity contribution in [3.63, 3.8) is 0 Å². The van der Waals surface area contributed by atoms with Crippen LogP contribution in [0.5, 0.6) is 0 Å². The maximum Gasteiger partial charge on any atom is 0.131 e. The van der Waals surface area contributed by atoms with Crippen LogP contribution in [-0.2, 0) is 0 Å². The van der Waals surface area contributed by atoms with Crippen LogP contribution in [0.15, 0.2) is 18.2 Å². The molecule has 0 N–H and O–H groups in total. The summed E-state index contributed by atoms with van der Waals surface area (Å²) in [5.41, 5.74) is 1.01. The fourth-order valence-electron chi connectivity index (χ4n) is 1.58. The number of benzene rings is 1. The number of halogens is 2.